The fraction of sp³-hybridized carbons (Fsp3) is 0.261. The number of carboxylic acid groups (broad SMARTS) is 1. The fourth-order valence-corrected chi connectivity index (χ4v) is 3.04. The molecule has 1 atom stereocenters. The summed E-state index contributed by atoms with van der Waals surface area (Å²) in [6.45, 7) is 3.83. The lowest BCUT2D eigenvalue weighted by Gasteiger charge is -2.18. The quantitative estimate of drug-likeness (QED) is 0.562. The van der Waals surface area contributed by atoms with E-state index in [1.54, 1.807) is 48.5 Å². The van der Waals surface area contributed by atoms with Crippen molar-refractivity contribution in [2.24, 2.45) is 5.92 Å². The molecule has 1 aliphatic rings. The first-order valence-corrected chi connectivity index (χ1v) is 9.85. The Morgan fingerprint density at radius 2 is 1.77 bits per heavy atom. The van der Waals surface area contributed by atoms with Gasteiger partial charge in [0.15, 0.2) is 11.5 Å². The van der Waals surface area contributed by atoms with Gasteiger partial charge in [0.05, 0.1) is 0 Å². The molecule has 0 aliphatic carbocycles. The number of rotatable bonds is 8. The summed E-state index contributed by atoms with van der Waals surface area (Å²) < 4.78 is 10.6. The molecule has 2 amide bonds. The molecule has 162 valence electrons. The maximum absolute atomic E-state index is 12.9. The van der Waals surface area contributed by atoms with Crippen molar-refractivity contribution in [1.29, 1.82) is 0 Å². The Morgan fingerprint density at radius 3 is 2.45 bits per heavy atom. The first kappa shape index (κ1) is 21.9. The average Bonchev–Trinajstić information content (AvgIpc) is 3.20. The molecule has 0 aromatic heterocycles. The number of hydrogen-bond acceptors (Lipinski definition) is 5. The van der Waals surface area contributed by atoms with E-state index in [9.17, 15) is 19.5 Å². The summed E-state index contributed by atoms with van der Waals surface area (Å²) >= 11 is 0. The van der Waals surface area contributed by atoms with Crippen LogP contribution in [0.1, 0.15) is 36.2 Å². The summed E-state index contributed by atoms with van der Waals surface area (Å²) in [6.07, 6.45) is 1.72. The van der Waals surface area contributed by atoms with E-state index in [-0.39, 0.29) is 24.8 Å². The highest BCUT2D eigenvalue weighted by Crippen LogP contribution is 2.33. The lowest BCUT2D eigenvalue weighted by atomic mass is 10.0. The zero-order valence-corrected chi connectivity index (χ0v) is 17.3. The molecule has 2 aromatic rings. The number of carboxylic acids is 1. The van der Waals surface area contributed by atoms with Crippen molar-refractivity contribution in [3.8, 4) is 11.5 Å². The molecule has 0 saturated heterocycles. The smallest absolute Gasteiger partial charge is 0.326 e. The monoisotopic (exact) mass is 424 g/mol. The molecule has 2 aromatic carbocycles. The maximum Gasteiger partial charge on any atom is 0.326 e. The minimum atomic E-state index is -1.14. The van der Waals surface area contributed by atoms with Crippen LogP contribution >= 0.6 is 0 Å². The standard InChI is InChI=1S/C23H24N2O6/c1-14(2)10-18(23(28)29)25-22(27)17(24-21(26)16-6-4-3-5-7-16)11-15-8-9-19-20(12-15)31-13-30-19/h3-9,11-12,14,18H,10,13H2,1-2H3,(H,24,26)(H,25,27)(H,28,29). The van der Waals surface area contributed by atoms with Crippen LogP contribution in [-0.4, -0.2) is 35.7 Å². The molecule has 0 saturated carbocycles. The largest absolute Gasteiger partial charge is 0.480 e. The fourth-order valence-electron chi connectivity index (χ4n) is 3.04. The van der Waals surface area contributed by atoms with Crippen molar-refractivity contribution in [1.82, 2.24) is 10.6 Å². The van der Waals surface area contributed by atoms with Crippen LogP contribution in [0.4, 0.5) is 0 Å². The molecule has 8 heteroatoms. The van der Waals surface area contributed by atoms with E-state index in [4.69, 9.17) is 9.47 Å². The Kier molecular flexibility index (Phi) is 6.92. The van der Waals surface area contributed by atoms with Gasteiger partial charge in [-0.25, -0.2) is 4.79 Å². The van der Waals surface area contributed by atoms with Crippen LogP contribution in [0.2, 0.25) is 0 Å². The number of nitrogens with one attached hydrogen (secondary N) is 2. The van der Waals surface area contributed by atoms with Crippen LogP contribution in [0.5, 0.6) is 11.5 Å². The highest BCUT2D eigenvalue weighted by atomic mass is 16.7. The summed E-state index contributed by atoms with van der Waals surface area (Å²) in [7, 11) is 0. The number of hydrogen-bond donors (Lipinski definition) is 3. The Morgan fingerprint density at radius 1 is 1.06 bits per heavy atom. The first-order chi connectivity index (χ1) is 14.8. The highest BCUT2D eigenvalue weighted by Gasteiger charge is 2.24. The third kappa shape index (κ3) is 5.85. The number of ether oxygens (including phenoxy) is 2. The Balaban J connectivity index is 1.88. The van der Waals surface area contributed by atoms with Gasteiger partial charge in [-0.3, -0.25) is 9.59 Å². The third-order valence-corrected chi connectivity index (χ3v) is 4.55. The zero-order chi connectivity index (χ0) is 22.4. The van der Waals surface area contributed by atoms with Crippen LogP contribution in [0.25, 0.3) is 6.08 Å². The molecule has 1 heterocycles. The van der Waals surface area contributed by atoms with Crippen LogP contribution in [0, 0.1) is 5.92 Å². The Bertz CT molecular complexity index is 1000. The predicted octanol–water partition coefficient (Wildman–Crippen LogP) is 2.80. The van der Waals surface area contributed by atoms with Crippen molar-refractivity contribution in [2.45, 2.75) is 26.3 Å². The molecular weight excluding hydrogens is 400 g/mol. The molecule has 3 rings (SSSR count). The van der Waals surface area contributed by atoms with E-state index < -0.39 is 23.8 Å². The van der Waals surface area contributed by atoms with Gasteiger partial charge >= 0.3 is 5.97 Å². The molecule has 1 unspecified atom stereocenters. The van der Waals surface area contributed by atoms with E-state index in [1.165, 1.54) is 6.08 Å². The zero-order valence-electron chi connectivity index (χ0n) is 17.3. The van der Waals surface area contributed by atoms with Crippen molar-refractivity contribution >= 4 is 23.9 Å². The van der Waals surface area contributed by atoms with Gasteiger partial charge in [-0.2, -0.15) is 0 Å². The molecule has 1 aliphatic heterocycles. The van der Waals surface area contributed by atoms with E-state index in [2.05, 4.69) is 10.6 Å². The number of aliphatic carboxylic acids is 1. The summed E-state index contributed by atoms with van der Waals surface area (Å²) in [5, 5.41) is 14.5. The summed E-state index contributed by atoms with van der Waals surface area (Å²) in [6, 6.07) is 12.4. The highest BCUT2D eigenvalue weighted by molar-refractivity contribution is 6.06. The minimum absolute atomic E-state index is 0.0570. The van der Waals surface area contributed by atoms with Crippen molar-refractivity contribution in [3.05, 3.63) is 65.4 Å². The van der Waals surface area contributed by atoms with E-state index in [0.717, 1.165) is 0 Å². The van der Waals surface area contributed by atoms with E-state index in [1.807, 2.05) is 13.8 Å². The lowest BCUT2D eigenvalue weighted by Crippen LogP contribution is -2.45. The van der Waals surface area contributed by atoms with Gasteiger partial charge in [0.1, 0.15) is 11.7 Å². The normalized spacial score (nSPS) is 13.6. The summed E-state index contributed by atoms with van der Waals surface area (Å²) in [5.41, 5.74) is 0.866. The number of carbonyl (C=O) groups is 3. The predicted molar refractivity (Wildman–Crippen MR) is 113 cm³/mol. The molecule has 0 radical (unpaired) electrons. The topological polar surface area (TPSA) is 114 Å². The van der Waals surface area contributed by atoms with Gasteiger partial charge in [0, 0.05) is 5.56 Å². The number of amides is 2. The van der Waals surface area contributed by atoms with Crippen molar-refractivity contribution < 1.29 is 29.0 Å². The molecule has 31 heavy (non-hydrogen) atoms. The van der Waals surface area contributed by atoms with Crippen molar-refractivity contribution in [3.63, 3.8) is 0 Å². The van der Waals surface area contributed by atoms with E-state index in [0.29, 0.717) is 22.6 Å². The van der Waals surface area contributed by atoms with E-state index >= 15 is 0 Å². The van der Waals surface area contributed by atoms with Crippen LogP contribution in [0.3, 0.4) is 0 Å². The number of carbonyl (C=O) groups excluding carboxylic acids is 2. The molecule has 0 bridgehead atoms. The van der Waals surface area contributed by atoms with Gasteiger partial charge in [0.2, 0.25) is 6.79 Å². The second-order valence-corrected chi connectivity index (χ2v) is 7.48. The second kappa shape index (κ2) is 9.80. The Labute approximate surface area is 179 Å². The first-order valence-electron chi connectivity index (χ1n) is 9.85. The number of fused-ring (bicyclic) bond motifs is 1. The summed E-state index contributed by atoms with van der Waals surface area (Å²) in [5.74, 6) is -1.17. The van der Waals surface area contributed by atoms with Crippen LogP contribution < -0.4 is 20.1 Å². The van der Waals surface area contributed by atoms with Gasteiger partial charge in [-0.1, -0.05) is 38.1 Å². The van der Waals surface area contributed by atoms with Crippen LogP contribution in [-0.2, 0) is 9.59 Å². The molecule has 0 fully saturated rings. The summed E-state index contributed by atoms with van der Waals surface area (Å²) in [4.78, 5) is 37.1. The number of benzene rings is 2. The third-order valence-electron chi connectivity index (χ3n) is 4.55. The van der Waals surface area contributed by atoms with Crippen molar-refractivity contribution in [2.75, 3.05) is 6.79 Å². The molecule has 8 nitrogen and oxygen atoms in total. The lowest BCUT2D eigenvalue weighted by molar-refractivity contribution is -0.141. The molecule has 0 spiro atoms. The second-order valence-electron chi connectivity index (χ2n) is 7.48. The molecule has 3 N–H and O–H groups in total. The van der Waals surface area contributed by atoms with Gasteiger partial charge in [-0.15, -0.1) is 0 Å². The average molecular weight is 424 g/mol. The van der Waals surface area contributed by atoms with Crippen LogP contribution in [0.15, 0.2) is 54.2 Å². The minimum Gasteiger partial charge on any atom is -0.480 e. The molecular formula is C23H24N2O6. The Hall–Kier alpha value is -3.81. The SMILES string of the molecule is CC(C)CC(NC(=O)C(=Cc1ccc2c(c1)OCO2)NC(=O)c1ccccc1)C(=O)O. The van der Waals surface area contributed by atoms with Gasteiger partial charge < -0.3 is 25.2 Å². The maximum atomic E-state index is 12.9. The van der Waals surface area contributed by atoms with Gasteiger partial charge in [-0.05, 0) is 48.2 Å². The van der Waals surface area contributed by atoms with Gasteiger partial charge in [0.25, 0.3) is 11.8 Å².